The lowest BCUT2D eigenvalue weighted by Crippen LogP contribution is -2.15. The van der Waals surface area contributed by atoms with E-state index in [1.165, 1.54) is 0 Å². The second-order valence-corrected chi connectivity index (χ2v) is 4.71. The molecule has 0 aromatic heterocycles. The normalized spacial score (nSPS) is 10.0. The molecule has 2 N–H and O–H groups in total. The van der Waals surface area contributed by atoms with E-state index in [1.807, 2.05) is 62.4 Å². The maximum Gasteiger partial charge on any atom is 0.412 e. The summed E-state index contributed by atoms with van der Waals surface area (Å²) in [5.74, 6) is 0. The number of carbonyl (C=O) groups excluding carboxylic acids is 1. The number of rotatable bonds is 5. The number of amides is 1. The third-order valence-electron chi connectivity index (χ3n) is 3.08. The van der Waals surface area contributed by atoms with Gasteiger partial charge in [0, 0.05) is 6.54 Å². The summed E-state index contributed by atoms with van der Waals surface area (Å²) < 4.78 is 5.23. The lowest BCUT2D eigenvalue weighted by molar-refractivity contribution is 0.155. The van der Waals surface area contributed by atoms with E-state index in [9.17, 15) is 4.79 Å². The molecular weight excluding hydrogens is 264 g/mol. The van der Waals surface area contributed by atoms with Gasteiger partial charge in [-0.1, -0.05) is 42.5 Å². The fraction of sp³-hybridized carbons (Fsp3) is 0.235. The number of anilines is 2. The van der Waals surface area contributed by atoms with Crippen molar-refractivity contribution in [2.45, 2.75) is 20.5 Å². The van der Waals surface area contributed by atoms with E-state index < -0.39 is 6.09 Å². The van der Waals surface area contributed by atoms with E-state index >= 15 is 0 Å². The van der Waals surface area contributed by atoms with Gasteiger partial charge in [-0.2, -0.15) is 0 Å². The molecular formula is C17H20N2O2. The van der Waals surface area contributed by atoms with Crippen LogP contribution in [0.3, 0.4) is 0 Å². The first-order chi connectivity index (χ1) is 10.2. The zero-order valence-corrected chi connectivity index (χ0v) is 12.3. The number of hydrogen-bond donors (Lipinski definition) is 2. The zero-order valence-electron chi connectivity index (χ0n) is 12.3. The van der Waals surface area contributed by atoms with Gasteiger partial charge >= 0.3 is 6.09 Å². The molecule has 0 unspecified atom stereocenters. The Labute approximate surface area is 125 Å². The van der Waals surface area contributed by atoms with Crippen LogP contribution >= 0.6 is 0 Å². The molecule has 0 radical (unpaired) electrons. The first kappa shape index (κ1) is 14.9. The molecule has 1 amide bonds. The number of ether oxygens (including phenoxy) is 1. The first-order valence-corrected chi connectivity index (χ1v) is 7.02. The van der Waals surface area contributed by atoms with Crippen molar-refractivity contribution in [1.82, 2.24) is 0 Å². The summed E-state index contributed by atoms with van der Waals surface area (Å²) in [7, 11) is 0. The molecule has 0 aliphatic carbocycles. The minimum Gasteiger partial charge on any atom is -0.444 e. The number of aryl methyl sites for hydroxylation is 1. The van der Waals surface area contributed by atoms with Gasteiger partial charge in [-0.25, -0.2) is 4.79 Å². The monoisotopic (exact) mass is 284 g/mol. The SMILES string of the molecule is CCNc1c(C)cccc1NC(=O)OCc1ccccc1. The van der Waals surface area contributed by atoms with E-state index in [1.54, 1.807) is 0 Å². The van der Waals surface area contributed by atoms with Crippen molar-refractivity contribution in [3.05, 3.63) is 59.7 Å². The molecule has 0 atom stereocenters. The van der Waals surface area contributed by atoms with Gasteiger partial charge in [0.25, 0.3) is 0 Å². The highest BCUT2D eigenvalue weighted by Gasteiger charge is 2.09. The maximum atomic E-state index is 11.9. The Bertz CT molecular complexity index is 597. The van der Waals surface area contributed by atoms with Gasteiger partial charge < -0.3 is 10.1 Å². The van der Waals surface area contributed by atoms with Crippen molar-refractivity contribution < 1.29 is 9.53 Å². The molecule has 2 aromatic carbocycles. The van der Waals surface area contributed by atoms with E-state index in [-0.39, 0.29) is 6.61 Å². The number of benzene rings is 2. The lowest BCUT2D eigenvalue weighted by Gasteiger charge is -2.14. The topological polar surface area (TPSA) is 50.4 Å². The number of carbonyl (C=O) groups is 1. The third-order valence-corrected chi connectivity index (χ3v) is 3.08. The second-order valence-electron chi connectivity index (χ2n) is 4.71. The Balaban J connectivity index is 1.98. The fourth-order valence-electron chi connectivity index (χ4n) is 2.05. The Morgan fingerprint density at radius 2 is 1.86 bits per heavy atom. The summed E-state index contributed by atoms with van der Waals surface area (Å²) in [5.41, 5.74) is 3.70. The van der Waals surface area contributed by atoms with Crippen LogP contribution < -0.4 is 10.6 Å². The Hall–Kier alpha value is -2.49. The van der Waals surface area contributed by atoms with Gasteiger partial charge in [0.15, 0.2) is 0 Å². The Morgan fingerprint density at radius 1 is 1.10 bits per heavy atom. The molecule has 0 aliphatic rings. The molecule has 2 aromatic rings. The molecule has 0 bridgehead atoms. The largest absolute Gasteiger partial charge is 0.444 e. The molecule has 0 aliphatic heterocycles. The van der Waals surface area contributed by atoms with Crippen LogP contribution in [0, 0.1) is 6.92 Å². The van der Waals surface area contributed by atoms with Crippen LogP contribution in [0.25, 0.3) is 0 Å². The van der Waals surface area contributed by atoms with Crippen LogP contribution in [-0.2, 0) is 11.3 Å². The summed E-state index contributed by atoms with van der Waals surface area (Å²) in [6, 6.07) is 15.4. The number of para-hydroxylation sites is 1. The van der Waals surface area contributed by atoms with E-state index in [0.717, 1.165) is 29.0 Å². The number of hydrogen-bond acceptors (Lipinski definition) is 3. The van der Waals surface area contributed by atoms with E-state index in [2.05, 4.69) is 10.6 Å². The average Bonchev–Trinajstić information content (AvgIpc) is 2.50. The molecule has 21 heavy (non-hydrogen) atoms. The Kier molecular flexibility index (Phi) is 5.21. The average molecular weight is 284 g/mol. The highest BCUT2D eigenvalue weighted by Crippen LogP contribution is 2.25. The molecule has 0 fully saturated rings. The van der Waals surface area contributed by atoms with Crippen molar-refractivity contribution in [2.24, 2.45) is 0 Å². The lowest BCUT2D eigenvalue weighted by atomic mass is 10.1. The van der Waals surface area contributed by atoms with Crippen LogP contribution in [0.4, 0.5) is 16.2 Å². The van der Waals surface area contributed by atoms with Crippen LogP contribution in [0.15, 0.2) is 48.5 Å². The summed E-state index contributed by atoms with van der Waals surface area (Å²) in [6.45, 7) is 5.07. The molecule has 110 valence electrons. The van der Waals surface area contributed by atoms with Gasteiger partial charge in [-0.15, -0.1) is 0 Å². The standard InChI is InChI=1S/C17H20N2O2/c1-3-18-16-13(2)8-7-11-15(16)19-17(20)21-12-14-9-5-4-6-10-14/h4-11,18H,3,12H2,1-2H3,(H,19,20). The molecule has 0 spiro atoms. The van der Waals surface area contributed by atoms with Gasteiger partial charge in [-0.05, 0) is 31.0 Å². The predicted octanol–water partition coefficient (Wildman–Crippen LogP) is 4.18. The van der Waals surface area contributed by atoms with Crippen LogP contribution in [0.5, 0.6) is 0 Å². The quantitative estimate of drug-likeness (QED) is 0.866. The summed E-state index contributed by atoms with van der Waals surface area (Å²) in [5, 5.41) is 6.04. The smallest absolute Gasteiger partial charge is 0.412 e. The summed E-state index contributed by atoms with van der Waals surface area (Å²) >= 11 is 0. The third kappa shape index (κ3) is 4.24. The number of nitrogens with one attached hydrogen (secondary N) is 2. The van der Waals surface area contributed by atoms with Gasteiger partial charge in [-0.3, -0.25) is 5.32 Å². The van der Waals surface area contributed by atoms with Crippen molar-refractivity contribution in [3.8, 4) is 0 Å². The van der Waals surface area contributed by atoms with Crippen molar-refractivity contribution in [3.63, 3.8) is 0 Å². The van der Waals surface area contributed by atoms with Crippen molar-refractivity contribution in [2.75, 3.05) is 17.2 Å². The maximum absolute atomic E-state index is 11.9. The van der Waals surface area contributed by atoms with Gasteiger partial charge in [0.05, 0.1) is 11.4 Å². The predicted molar refractivity (Wildman–Crippen MR) is 85.6 cm³/mol. The van der Waals surface area contributed by atoms with Gasteiger partial charge in [0.2, 0.25) is 0 Å². The van der Waals surface area contributed by atoms with Crippen LogP contribution in [-0.4, -0.2) is 12.6 Å². The molecule has 0 heterocycles. The second kappa shape index (κ2) is 7.33. The highest BCUT2D eigenvalue weighted by molar-refractivity contribution is 5.90. The summed E-state index contributed by atoms with van der Waals surface area (Å²) in [6.07, 6.45) is -0.455. The highest BCUT2D eigenvalue weighted by atomic mass is 16.5. The van der Waals surface area contributed by atoms with Gasteiger partial charge in [0.1, 0.15) is 6.61 Å². The molecule has 4 nitrogen and oxygen atoms in total. The first-order valence-electron chi connectivity index (χ1n) is 7.02. The van der Waals surface area contributed by atoms with Crippen molar-refractivity contribution in [1.29, 1.82) is 0 Å². The van der Waals surface area contributed by atoms with E-state index in [0.29, 0.717) is 0 Å². The fourth-order valence-corrected chi connectivity index (χ4v) is 2.05. The Morgan fingerprint density at radius 3 is 2.57 bits per heavy atom. The van der Waals surface area contributed by atoms with Crippen molar-refractivity contribution >= 4 is 17.5 Å². The summed E-state index contributed by atoms with van der Waals surface area (Å²) in [4.78, 5) is 11.9. The van der Waals surface area contributed by atoms with E-state index in [4.69, 9.17) is 4.74 Å². The molecule has 4 heteroatoms. The minimum absolute atomic E-state index is 0.259. The minimum atomic E-state index is -0.455. The molecule has 0 saturated carbocycles. The van der Waals surface area contributed by atoms with Crippen LogP contribution in [0.2, 0.25) is 0 Å². The zero-order chi connectivity index (χ0) is 15.1. The molecule has 0 saturated heterocycles. The van der Waals surface area contributed by atoms with Crippen LogP contribution in [0.1, 0.15) is 18.1 Å². The molecule has 2 rings (SSSR count).